The average molecular weight is 491 g/mol. The molecule has 2 heterocycles. The van der Waals surface area contributed by atoms with Gasteiger partial charge in [-0.2, -0.15) is 5.26 Å². The zero-order valence-electron chi connectivity index (χ0n) is 18.6. The van der Waals surface area contributed by atoms with Gasteiger partial charge in [0.15, 0.2) is 21.5 Å². The highest BCUT2D eigenvalue weighted by molar-refractivity contribution is 7.90. The lowest BCUT2D eigenvalue weighted by molar-refractivity contribution is 0.0745. The summed E-state index contributed by atoms with van der Waals surface area (Å²) in [6, 6.07) is 8.76. The summed E-state index contributed by atoms with van der Waals surface area (Å²) in [6.45, 7) is 3.17. The number of anilines is 2. The highest BCUT2D eigenvalue weighted by Gasteiger charge is 2.29. The molecule has 0 N–H and O–H groups in total. The Balaban J connectivity index is 1.57. The molecule has 180 valence electrons. The predicted molar refractivity (Wildman–Crippen MR) is 122 cm³/mol. The minimum Gasteiger partial charge on any atom is -0.378 e. The van der Waals surface area contributed by atoms with Crippen LogP contribution < -0.4 is 9.80 Å². The molecule has 0 saturated carbocycles. The zero-order valence-corrected chi connectivity index (χ0v) is 19.4. The van der Waals surface area contributed by atoms with Crippen molar-refractivity contribution in [3.63, 3.8) is 0 Å². The van der Waals surface area contributed by atoms with Crippen LogP contribution in [0.1, 0.15) is 15.9 Å². The lowest BCUT2D eigenvalue weighted by Crippen LogP contribution is -2.49. The Hall–Kier alpha value is -3.23. The van der Waals surface area contributed by atoms with E-state index >= 15 is 0 Å². The molecule has 0 bridgehead atoms. The number of morpholine rings is 1. The summed E-state index contributed by atoms with van der Waals surface area (Å²) < 4.78 is 58.1. The maximum absolute atomic E-state index is 14.4. The van der Waals surface area contributed by atoms with Crippen molar-refractivity contribution in [2.45, 2.75) is 4.90 Å². The van der Waals surface area contributed by atoms with E-state index in [0.29, 0.717) is 32.0 Å². The second kappa shape index (κ2) is 9.56. The second-order valence-electron chi connectivity index (χ2n) is 8.20. The van der Waals surface area contributed by atoms with E-state index in [1.165, 1.54) is 24.3 Å². The van der Waals surface area contributed by atoms with Crippen molar-refractivity contribution in [1.29, 1.82) is 5.26 Å². The molecule has 2 aliphatic rings. The van der Waals surface area contributed by atoms with Crippen molar-refractivity contribution in [1.82, 2.24) is 4.90 Å². The van der Waals surface area contributed by atoms with Crippen LogP contribution in [0.25, 0.3) is 0 Å². The Kier molecular flexibility index (Phi) is 6.72. The fraction of sp³-hybridized carbons (Fsp3) is 0.391. The van der Waals surface area contributed by atoms with Crippen LogP contribution in [0.2, 0.25) is 0 Å². The van der Waals surface area contributed by atoms with Gasteiger partial charge in [-0.1, -0.05) is 0 Å². The number of rotatable bonds is 4. The van der Waals surface area contributed by atoms with Gasteiger partial charge in [0.25, 0.3) is 5.91 Å². The number of sulfone groups is 1. The van der Waals surface area contributed by atoms with E-state index in [1.54, 1.807) is 21.9 Å². The highest BCUT2D eigenvalue weighted by Crippen LogP contribution is 2.29. The van der Waals surface area contributed by atoms with E-state index in [1.807, 2.05) is 4.90 Å². The number of piperazine rings is 1. The fourth-order valence-corrected chi connectivity index (χ4v) is 4.83. The molecule has 0 atom stereocenters. The van der Waals surface area contributed by atoms with Gasteiger partial charge in [-0.25, -0.2) is 17.2 Å². The van der Waals surface area contributed by atoms with Gasteiger partial charge in [-0.3, -0.25) is 4.79 Å². The van der Waals surface area contributed by atoms with E-state index in [9.17, 15) is 22.0 Å². The first-order valence-electron chi connectivity index (χ1n) is 10.8. The van der Waals surface area contributed by atoms with Gasteiger partial charge in [0, 0.05) is 51.2 Å². The van der Waals surface area contributed by atoms with Crippen LogP contribution >= 0.6 is 0 Å². The molecule has 11 heteroatoms. The zero-order chi connectivity index (χ0) is 24.5. The predicted octanol–water partition coefficient (Wildman–Crippen LogP) is 2.04. The first-order chi connectivity index (χ1) is 16.2. The average Bonchev–Trinajstić information content (AvgIpc) is 2.85. The molecule has 2 aliphatic heterocycles. The Morgan fingerprint density at radius 1 is 0.941 bits per heavy atom. The number of benzene rings is 2. The van der Waals surface area contributed by atoms with E-state index in [-0.39, 0.29) is 53.8 Å². The standard InChI is InChI=1S/C23H24F2N4O4S/c1-34(31,32)17-3-5-19(28-10-12-33-13-11-28)18(14-17)23(30)29-8-6-27(7-9-29)20-4-2-16(15-26)21(24)22(20)25/h2-5,14H,6-13H2,1H3. The van der Waals surface area contributed by atoms with E-state index in [2.05, 4.69) is 0 Å². The monoisotopic (exact) mass is 490 g/mol. The molecule has 0 unspecified atom stereocenters. The summed E-state index contributed by atoms with van der Waals surface area (Å²) in [5.41, 5.74) is 0.602. The Labute approximate surface area is 196 Å². The van der Waals surface area contributed by atoms with E-state index in [4.69, 9.17) is 10.00 Å². The Bertz CT molecular complexity index is 1250. The van der Waals surface area contributed by atoms with Crippen molar-refractivity contribution < 1.29 is 26.7 Å². The van der Waals surface area contributed by atoms with Crippen LogP contribution in [0.15, 0.2) is 35.2 Å². The number of nitrogens with zero attached hydrogens (tertiary/aromatic N) is 4. The van der Waals surface area contributed by atoms with Gasteiger partial charge < -0.3 is 19.4 Å². The first kappa shape index (κ1) is 23.9. The van der Waals surface area contributed by atoms with Gasteiger partial charge in [-0.15, -0.1) is 0 Å². The van der Waals surface area contributed by atoms with Crippen molar-refractivity contribution in [3.05, 3.63) is 53.1 Å². The number of hydrogen-bond donors (Lipinski definition) is 0. The smallest absolute Gasteiger partial charge is 0.256 e. The molecule has 0 radical (unpaired) electrons. The Morgan fingerprint density at radius 3 is 2.18 bits per heavy atom. The normalized spacial score (nSPS) is 16.9. The number of halogens is 2. The molecule has 2 aromatic carbocycles. The third-order valence-corrected chi connectivity index (χ3v) is 7.18. The molecule has 2 aromatic rings. The van der Waals surface area contributed by atoms with Crippen molar-refractivity contribution in [3.8, 4) is 6.07 Å². The van der Waals surface area contributed by atoms with E-state index < -0.39 is 21.5 Å². The van der Waals surface area contributed by atoms with Crippen molar-refractivity contribution >= 4 is 27.1 Å². The molecule has 2 saturated heterocycles. The van der Waals surface area contributed by atoms with Crippen molar-refractivity contribution in [2.24, 2.45) is 0 Å². The molecular weight excluding hydrogens is 466 g/mol. The molecule has 0 aliphatic carbocycles. The fourth-order valence-electron chi connectivity index (χ4n) is 4.19. The highest BCUT2D eigenvalue weighted by atomic mass is 32.2. The third-order valence-electron chi connectivity index (χ3n) is 6.07. The van der Waals surface area contributed by atoms with Gasteiger partial charge >= 0.3 is 0 Å². The molecule has 0 spiro atoms. The van der Waals surface area contributed by atoms with Gasteiger partial charge in [0.2, 0.25) is 0 Å². The number of nitriles is 1. The summed E-state index contributed by atoms with van der Waals surface area (Å²) in [6.07, 6.45) is 1.09. The molecule has 4 rings (SSSR count). The molecule has 8 nitrogen and oxygen atoms in total. The number of hydrogen-bond acceptors (Lipinski definition) is 7. The van der Waals surface area contributed by atoms with Crippen LogP contribution in [-0.4, -0.2) is 78.0 Å². The minimum absolute atomic E-state index is 0.0386. The number of ether oxygens (including phenoxy) is 1. The second-order valence-corrected chi connectivity index (χ2v) is 10.2. The number of amides is 1. The maximum Gasteiger partial charge on any atom is 0.256 e. The van der Waals surface area contributed by atoms with Crippen LogP contribution in [0.4, 0.5) is 20.2 Å². The molecular formula is C23H24F2N4O4S. The largest absolute Gasteiger partial charge is 0.378 e. The van der Waals surface area contributed by atoms with Crippen LogP contribution in [-0.2, 0) is 14.6 Å². The minimum atomic E-state index is -3.52. The van der Waals surface area contributed by atoms with Crippen LogP contribution in [0.5, 0.6) is 0 Å². The maximum atomic E-state index is 14.4. The lowest BCUT2D eigenvalue weighted by Gasteiger charge is -2.37. The summed E-state index contributed by atoms with van der Waals surface area (Å²) in [5.74, 6) is -2.60. The van der Waals surface area contributed by atoms with E-state index in [0.717, 1.165) is 6.26 Å². The molecule has 0 aromatic heterocycles. The Morgan fingerprint density at radius 2 is 1.56 bits per heavy atom. The van der Waals surface area contributed by atoms with Crippen LogP contribution in [0, 0.1) is 23.0 Å². The quantitative estimate of drug-likeness (QED) is 0.648. The molecule has 34 heavy (non-hydrogen) atoms. The number of carbonyl (C=O) groups is 1. The third kappa shape index (κ3) is 4.69. The summed E-state index contributed by atoms with van der Waals surface area (Å²) in [5, 5.41) is 8.87. The molecule has 1 amide bonds. The van der Waals surface area contributed by atoms with Crippen LogP contribution in [0.3, 0.4) is 0 Å². The SMILES string of the molecule is CS(=O)(=O)c1ccc(N2CCOCC2)c(C(=O)N2CCN(c3ccc(C#N)c(F)c3F)CC2)c1. The topological polar surface area (TPSA) is 93.9 Å². The first-order valence-corrected chi connectivity index (χ1v) is 12.7. The van der Waals surface area contributed by atoms with Gasteiger partial charge in [0.1, 0.15) is 6.07 Å². The summed E-state index contributed by atoms with van der Waals surface area (Å²) in [7, 11) is -3.52. The number of carbonyl (C=O) groups excluding carboxylic acids is 1. The van der Waals surface area contributed by atoms with Crippen molar-refractivity contribution in [2.75, 3.05) is 68.5 Å². The molecule has 2 fully saturated rings. The van der Waals surface area contributed by atoms with Gasteiger partial charge in [0.05, 0.1) is 34.9 Å². The lowest BCUT2D eigenvalue weighted by atomic mass is 10.1. The van der Waals surface area contributed by atoms with Gasteiger partial charge in [-0.05, 0) is 30.3 Å². The summed E-state index contributed by atoms with van der Waals surface area (Å²) >= 11 is 0. The summed E-state index contributed by atoms with van der Waals surface area (Å²) in [4.78, 5) is 18.7.